The van der Waals surface area contributed by atoms with Crippen LogP contribution in [0.2, 0.25) is 0 Å². The van der Waals surface area contributed by atoms with Crippen LogP contribution in [0.1, 0.15) is 0 Å². The standard InChI is InChI=1S/C16H13N3O3/c20-16(18-10-5-6-14-15(7-10)22-9-21-14)19-13-8-17-12-4-2-1-3-11(12)13/h1-8,17H,9H2,(H2,18,19,20). The molecule has 6 nitrogen and oxygen atoms in total. The van der Waals surface area contributed by atoms with Crippen LogP contribution in [0.4, 0.5) is 16.2 Å². The molecule has 0 unspecified atom stereocenters. The average molecular weight is 295 g/mol. The van der Waals surface area contributed by atoms with Gasteiger partial charge >= 0.3 is 6.03 Å². The lowest BCUT2D eigenvalue weighted by molar-refractivity contribution is 0.174. The number of fused-ring (bicyclic) bond motifs is 2. The first-order valence-electron chi connectivity index (χ1n) is 6.83. The molecule has 0 aliphatic carbocycles. The molecule has 0 fully saturated rings. The highest BCUT2D eigenvalue weighted by Crippen LogP contribution is 2.34. The first-order valence-corrected chi connectivity index (χ1v) is 6.83. The summed E-state index contributed by atoms with van der Waals surface area (Å²) in [5.41, 5.74) is 2.34. The van der Waals surface area contributed by atoms with Gasteiger partial charge in [0.25, 0.3) is 0 Å². The second kappa shape index (κ2) is 5.00. The summed E-state index contributed by atoms with van der Waals surface area (Å²) in [4.78, 5) is 15.2. The number of amides is 2. The Balaban J connectivity index is 1.51. The molecule has 110 valence electrons. The number of H-pyrrole nitrogens is 1. The molecule has 2 heterocycles. The van der Waals surface area contributed by atoms with Crippen molar-refractivity contribution in [3.63, 3.8) is 0 Å². The van der Waals surface area contributed by atoms with E-state index in [1.807, 2.05) is 24.3 Å². The summed E-state index contributed by atoms with van der Waals surface area (Å²) in [5, 5.41) is 6.56. The molecule has 6 heteroatoms. The van der Waals surface area contributed by atoms with Crippen LogP contribution in [0.25, 0.3) is 10.9 Å². The molecule has 4 rings (SSSR count). The van der Waals surface area contributed by atoms with Gasteiger partial charge in [-0.1, -0.05) is 18.2 Å². The lowest BCUT2D eigenvalue weighted by Gasteiger charge is -2.07. The normalized spacial score (nSPS) is 12.4. The molecular weight excluding hydrogens is 282 g/mol. The minimum atomic E-state index is -0.316. The molecular formula is C16H13N3O3. The number of para-hydroxylation sites is 1. The second-order valence-electron chi connectivity index (χ2n) is 4.90. The molecule has 0 saturated carbocycles. The van der Waals surface area contributed by atoms with Gasteiger partial charge in [-0.25, -0.2) is 4.79 Å². The fourth-order valence-electron chi connectivity index (χ4n) is 2.43. The summed E-state index contributed by atoms with van der Waals surface area (Å²) in [6.07, 6.45) is 1.77. The molecule has 1 aliphatic rings. The van der Waals surface area contributed by atoms with Gasteiger partial charge in [0.05, 0.1) is 5.69 Å². The fraction of sp³-hybridized carbons (Fsp3) is 0.0625. The van der Waals surface area contributed by atoms with Crippen LogP contribution in [-0.4, -0.2) is 17.8 Å². The molecule has 0 bridgehead atoms. The predicted octanol–water partition coefficient (Wildman–Crippen LogP) is 3.54. The van der Waals surface area contributed by atoms with Gasteiger partial charge in [-0.05, 0) is 18.2 Å². The van der Waals surface area contributed by atoms with E-state index in [2.05, 4.69) is 15.6 Å². The van der Waals surface area contributed by atoms with Crippen LogP contribution in [0, 0.1) is 0 Å². The van der Waals surface area contributed by atoms with Gasteiger partial charge < -0.3 is 25.1 Å². The molecule has 3 N–H and O–H groups in total. The first-order chi connectivity index (χ1) is 10.8. The zero-order valence-corrected chi connectivity index (χ0v) is 11.6. The van der Waals surface area contributed by atoms with Crippen molar-refractivity contribution >= 4 is 28.3 Å². The van der Waals surface area contributed by atoms with E-state index in [9.17, 15) is 4.79 Å². The van der Waals surface area contributed by atoms with Gasteiger partial charge in [-0.3, -0.25) is 0 Å². The molecule has 0 atom stereocenters. The summed E-state index contributed by atoms with van der Waals surface area (Å²) in [7, 11) is 0. The minimum Gasteiger partial charge on any atom is -0.454 e. The van der Waals surface area contributed by atoms with Crippen molar-refractivity contribution in [1.82, 2.24) is 4.98 Å². The van der Waals surface area contributed by atoms with Gasteiger partial charge in [0.15, 0.2) is 11.5 Å². The SMILES string of the molecule is O=C(Nc1ccc2c(c1)OCO2)Nc1c[nH]c2ccccc12. The molecule has 0 radical (unpaired) electrons. The van der Waals surface area contributed by atoms with Crippen molar-refractivity contribution in [2.45, 2.75) is 0 Å². The van der Waals surface area contributed by atoms with Crippen LogP contribution in [0.5, 0.6) is 11.5 Å². The summed E-state index contributed by atoms with van der Waals surface area (Å²) in [6.45, 7) is 0.209. The van der Waals surface area contributed by atoms with Gasteiger partial charge in [-0.15, -0.1) is 0 Å². The van der Waals surface area contributed by atoms with E-state index in [0.717, 1.165) is 16.6 Å². The summed E-state index contributed by atoms with van der Waals surface area (Å²) in [6, 6.07) is 12.7. The lowest BCUT2D eigenvalue weighted by Crippen LogP contribution is -2.19. The largest absolute Gasteiger partial charge is 0.454 e. The number of anilines is 2. The number of aromatic nitrogens is 1. The third kappa shape index (κ3) is 2.20. The van der Waals surface area contributed by atoms with Gasteiger partial charge in [0.1, 0.15) is 0 Å². The highest BCUT2D eigenvalue weighted by molar-refractivity contribution is 6.05. The Morgan fingerprint density at radius 1 is 1.05 bits per heavy atom. The second-order valence-corrected chi connectivity index (χ2v) is 4.90. The Bertz CT molecular complexity index is 857. The maximum Gasteiger partial charge on any atom is 0.323 e. The van der Waals surface area contributed by atoms with Crippen LogP contribution >= 0.6 is 0 Å². The van der Waals surface area contributed by atoms with Crippen LogP contribution in [0.15, 0.2) is 48.7 Å². The molecule has 0 saturated heterocycles. The number of urea groups is 1. The molecule has 0 spiro atoms. The van der Waals surface area contributed by atoms with Crippen LogP contribution in [0.3, 0.4) is 0 Å². The zero-order valence-electron chi connectivity index (χ0n) is 11.6. The summed E-state index contributed by atoms with van der Waals surface area (Å²) in [5.74, 6) is 1.31. The maximum absolute atomic E-state index is 12.1. The van der Waals surface area contributed by atoms with Crippen molar-refractivity contribution < 1.29 is 14.3 Å². The average Bonchev–Trinajstić information content (AvgIpc) is 3.14. The predicted molar refractivity (Wildman–Crippen MR) is 83.5 cm³/mol. The van der Waals surface area contributed by atoms with Crippen molar-refractivity contribution in [2.24, 2.45) is 0 Å². The number of rotatable bonds is 2. The number of ether oxygens (including phenoxy) is 2. The van der Waals surface area contributed by atoms with E-state index in [1.54, 1.807) is 24.4 Å². The number of hydrogen-bond acceptors (Lipinski definition) is 3. The number of aromatic amines is 1. The Hall–Kier alpha value is -3.15. The number of nitrogens with one attached hydrogen (secondary N) is 3. The molecule has 1 aliphatic heterocycles. The van der Waals surface area contributed by atoms with Crippen molar-refractivity contribution in [1.29, 1.82) is 0 Å². The van der Waals surface area contributed by atoms with Crippen molar-refractivity contribution in [3.05, 3.63) is 48.7 Å². The lowest BCUT2D eigenvalue weighted by atomic mass is 10.2. The first kappa shape index (κ1) is 12.6. The Morgan fingerprint density at radius 2 is 1.91 bits per heavy atom. The quantitative estimate of drug-likeness (QED) is 0.677. The molecule has 1 aromatic heterocycles. The minimum absolute atomic E-state index is 0.209. The zero-order chi connectivity index (χ0) is 14.9. The number of carbonyl (C=O) groups excluding carboxylic acids is 1. The smallest absolute Gasteiger partial charge is 0.323 e. The summed E-state index contributed by atoms with van der Waals surface area (Å²) >= 11 is 0. The molecule has 2 amide bonds. The number of carbonyl (C=O) groups is 1. The Labute approximate surface area is 126 Å². The van der Waals surface area contributed by atoms with E-state index in [0.29, 0.717) is 17.2 Å². The molecule has 2 aromatic carbocycles. The monoisotopic (exact) mass is 295 g/mol. The van der Waals surface area contributed by atoms with E-state index in [4.69, 9.17) is 9.47 Å². The third-order valence-corrected chi connectivity index (χ3v) is 3.47. The van der Waals surface area contributed by atoms with Crippen LogP contribution in [-0.2, 0) is 0 Å². The number of benzene rings is 2. The maximum atomic E-state index is 12.1. The molecule has 3 aromatic rings. The molecule has 22 heavy (non-hydrogen) atoms. The highest BCUT2D eigenvalue weighted by atomic mass is 16.7. The van der Waals surface area contributed by atoms with Gasteiger partial charge in [0, 0.05) is 28.9 Å². The van der Waals surface area contributed by atoms with E-state index in [1.165, 1.54) is 0 Å². The van der Waals surface area contributed by atoms with Gasteiger partial charge in [-0.2, -0.15) is 0 Å². The fourth-order valence-corrected chi connectivity index (χ4v) is 2.43. The van der Waals surface area contributed by atoms with Gasteiger partial charge in [0.2, 0.25) is 6.79 Å². The highest BCUT2D eigenvalue weighted by Gasteiger charge is 2.14. The van der Waals surface area contributed by atoms with Crippen molar-refractivity contribution in [3.8, 4) is 11.5 Å². The van der Waals surface area contributed by atoms with E-state index < -0.39 is 0 Å². The topological polar surface area (TPSA) is 75.4 Å². The number of hydrogen-bond donors (Lipinski definition) is 3. The third-order valence-electron chi connectivity index (χ3n) is 3.47. The Kier molecular flexibility index (Phi) is 2.86. The summed E-state index contributed by atoms with van der Waals surface area (Å²) < 4.78 is 10.5. The van der Waals surface area contributed by atoms with E-state index in [-0.39, 0.29) is 12.8 Å². The van der Waals surface area contributed by atoms with Crippen molar-refractivity contribution in [2.75, 3.05) is 17.4 Å². The Morgan fingerprint density at radius 3 is 2.86 bits per heavy atom. The van der Waals surface area contributed by atoms with E-state index >= 15 is 0 Å². The van der Waals surface area contributed by atoms with Crippen LogP contribution < -0.4 is 20.1 Å².